The average Bonchev–Trinajstić information content (AvgIpc) is 2.64. The second-order valence-electron chi connectivity index (χ2n) is 5.65. The molecule has 0 bridgehead atoms. The van der Waals surface area contributed by atoms with E-state index in [-0.39, 0.29) is 5.91 Å². The Bertz CT molecular complexity index is 628. The van der Waals surface area contributed by atoms with Gasteiger partial charge in [0.05, 0.1) is 13.7 Å². The Morgan fingerprint density at radius 3 is 2.46 bits per heavy atom. The van der Waals surface area contributed by atoms with E-state index in [4.69, 9.17) is 9.47 Å². The third kappa shape index (κ3) is 5.70. The van der Waals surface area contributed by atoms with Crippen molar-refractivity contribution < 1.29 is 14.3 Å². The monoisotopic (exact) mass is 327 g/mol. The van der Waals surface area contributed by atoms with Gasteiger partial charge in [-0.25, -0.2) is 0 Å². The summed E-state index contributed by atoms with van der Waals surface area (Å²) >= 11 is 0. The fourth-order valence-electron chi connectivity index (χ4n) is 2.53. The lowest BCUT2D eigenvalue weighted by molar-refractivity contribution is -0.132. The van der Waals surface area contributed by atoms with Crippen molar-refractivity contribution in [2.75, 3.05) is 27.4 Å². The second-order valence-corrected chi connectivity index (χ2v) is 5.65. The van der Waals surface area contributed by atoms with E-state index in [0.717, 1.165) is 16.9 Å². The first-order chi connectivity index (χ1) is 11.7. The topological polar surface area (TPSA) is 38.8 Å². The molecule has 0 aliphatic rings. The lowest BCUT2D eigenvalue weighted by Crippen LogP contribution is -2.33. The van der Waals surface area contributed by atoms with Crippen LogP contribution in [0.1, 0.15) is 17.5 Å². The second kappa shape index (κ2) is 9.73. The molecule has 0 aliphatic heterocycles. The van der Waals surface area contributed by atoms with Crippen LogP contribution in [-0.2, 0) is 22.5 Å². The maximum absolute atomic E-state index is 12.6. The molecular weight excluding hydrogens is 302 g/mol. The number of ether oxygens (including phenoxy) is 2. The number of aryl methyl sites for hydroxylation is 1. The van der Waals surface area contributed by atoms with Crippen LogP contribution in [0.15, 0.2) is 54.6 Å². The average molecular weight is 327 g/mol. The van der Waals surface area contributed by atoms with E-state index in [2.05, 4.69) is 0 Å². The van der Waals surface area contributed by atoms with Gasteiger partial charge in [0.15, 0.2) is 0 Å². The van der Waals surface area contributed by atoms with Gasteiger partial charge in [-0.3, -0.25) is 4.79 Å². The summed E-state index contributed by atoms with van der Waals surface area (Å²) in [5, 5.41) is 0. The van der Waals surface area contributed by atoms with E-state index in [0.29, 0.717) is 32.5 Å². The van der Waals surface area contributed by atoms with Gasteiger partial charge in [-0.1, -0.05) is 42.5 Å². The molecule has 0 N–H and O–H groups in total. The molecule has 0 radical (unpaired) electrons. The van der Waals surface area contributed by atoms with E-state index >= 15 is 0 Å². The lowest BCUT2D eigenvalue weighted by Gasteiger charge is -2.22. The van der Waals surface area contributed by atoms with Crippen LogP contribution in [0.25, 0.3) is 0 Å². The van der Waals surface area contributed by atoms with Crippen LogP contribution in [0, 0.1) is 0 Å². The smallest absolute Gasteiger partial charge is 0.223 e. The zero-order valence-corrected chi connectivity index (χ0v) is 14.4. The Labute approximate surface area is 144 Å². The third-order valence-electron chi connectivity index (χ3n) is 3.90. The zero-order chi connectivity index (χ0) is 17.2. The van der Waals surface area contributed by atoms with Crippen LogP contribution >= 0.6 is 0 Å². The van der Waals surface area contributed by atoms with Crippen molar-refractivity contribution in [2.24, 2.45) is 0 Å². The van der Waals surface area contributed by atoms with Gasteiger partial charge < -0.3 is 14.4 Å². The first kappa shape index (κ1) is 18.0. The number of amides is 1. The van der Waals surface area contributed by atoms with Gasteiger partial charge in [0, 0.05) is 26.6 Å². The zero-order valence-electron chi connectivity index (χ0n) is 14.4. The van der Waals surface area contributed by atoms with Crippen LogP contribution in [0.5, 0.6) is 5.75 Å². The third-order valence-corrected chi connectivity index (χ3v) is 3.90. The van der Waals surface area contributed by atoms with Gasteiger partial charge >= 0.3 is 0 Å². The predicted octanol–water partition coefficient (Wildman–Crippen LogP) is 3.30. The molecule has 4 nitrogen and oxygen atoms in total. The Hall–Kier alpha value is -2.33. The summed E-state index contributed by atoms with van der Waals surface area (Å²) in [7, 11) is 3.30. The molecule has 0 saturated heterocycles. The first-order valence-corrected chi connectivity index (χ1v) is 8.16. The summed E-state index contributed by atoms with van der Waals surface area (Å²) in [5.41, 5.74) is 2.23. The molecular formula is C20H25NO3. The van der Waals surface area contributed by atoms with Crippen molar-refractivity contribution in [1.29, 1.82) is 0 Å². The van der Waals surface area contributed by atoms with Crippen LogP contribution < -0.4 is 4.74 Å². The molecule has 2 rings (SSSR count). The van der Waals surface area contributed by atoms with Gasteiger partial charge in [0.25, 0.3) is 0 Å². The van der Waals surface area contributed by atoms with E-state index < -0.39 is 0 Å². The molecule has 4 heteroatoms. The first-order valence-electron chi connectivity index (χ1n) is 8.16. The van der Waals surface area contributed by atoms with Gasteiger partial charge in [-0.15, -0.1) is 0 Å². The molecule has 0 fully saturated rings. The summed E-state index contributed by atoms with van der Waals surface area (Å²) < 4.78 is 10.4. The summed E-state index contributed by atoms with van der Waals surface area (Å²) in [5.74, 6) is 0.958. The number of hydrogen-bond acceptors (Lipinski definition) is 3. The van der Waals surface area contributed by atoms with Gasteiger partial charge in [0.1, 0.15) is 5.75 Å². The summed E-state index contributed by atoms with van der Waals surface area (Å²) in [6, 6.07) is 17.9. The van der Waals surface area contributed by atoms with Crippen molar-refractivity contribution in [1.82, 2.24) is 4.90 Å². The van der Waals surface area contributed by atoms with Crippen molar-refractivity contribution in [3.63, 3.8) is 0 Å². The molecule has 24 heavy (non-hydrogen) atoms. The van der Waals surface area contributed by atoms with Crippen LogP contribution in [0.3, 0.4) is 0 Å². The van der Waals surface area contributed by atoms with Crippen molar-refractivity contribution in [2.45, 2.75) is 19.4 Å². The highest BCUT2D eigenvalue weighted by atomic mass is 16.5. The van der Waals surface area contributed by atoms with E-state index in [1.165, 1.54) is 0 Å². The number of carbonyl (C=O) groups excluding carboxylic acids is 1. The van der Waals surface area contributed by atoms with Crippen molar-refractivity contribution in [3.8, 4) is 5.75 Å². The minimum Gasteiger partial charge on any atom is -0.497 e. The minimum atomic E-state index is 0.138. The van der Waals surface area contributed by atoms with E-state index in [1.807, 2.05) is 59.5 Å². The molecule has 0 aliphatic carbocycles. The number of rotatable bonds is 9. The van der Waals surface area contributed by atoms with Gasteiger partial charge in [0.2, 0.25) is 5.91 Å². The fourth-order valence-corrected chi connectivity index (χ4v) is 2.53. The standard InChI is InChI=1S/C20H25NO3/c1-23-14-13-21(16-18-7-4-3-5-8-18)20(22)12-11-17-9-6-10-19(15-17)24-2/h3-10,15H,11-14,16H2,1-2H3. The fraction of sp³-hybridized carbons (Fsp3) is 0.350. The number of carbonyl (C=O) groups is 1. The summed E-state index contributed by atoms with van der Waals surface area (Å²) in [6.07, 6.45) is 1.18. The number of benzene rings is 2. The molecule has 2 aromatic rings. The SMILES string of the molecule is COCCN(Cc1ccccc1)C(=O)CCc1cccc(OC)c1. The molecule has 128 valence electrons. The Balaban J connectivity index is 1.96. The highest BCUT2D eigenvalue weighted by molar-refractivity contribution is 5.76. The molecule has 0 aromatic heterocycles. The number of hydrogen-bond donors (Lipinski definition) is 0. The van der Waals surface area contributed by atoms with Crippen LogP contribution in [-0.4, -0.2) is 38.2 Å². The molecule has 0 heterocycles. The molecule has 0 unspecified atom stereocenters. The van der Waals surface area contributed by atoms with Crippen LogP contribution in [0.4, 0.5) is 0 Å². The van der Waals surface area contributed by atoms with Crippen LogP contribution in [0.2, 0.25) is 0 Å². The Morgan fingerprint density at radius 2 is 1.75 bits per heavy atom. The highest BCUT2D eigenvalue weighted by Gasteiger charge is 2.14. The minimum absolute atomic E-state index is 0.138. The molecule has 1 amide bonds. The largest absolute Gasteiger partial charge is 0.497 e. The van der Waals surface area contributed by atoms with Crippen molar-refractivity contribution in [3.05, 3.63) is 65.7 Å². The maximum atomic E-state index is 12.6. The van der Waals surface area contributed by atoms with E-state index in [1.54, 1.807) is 14.2 Å². The predicted molar refractivity (Wildman–Crippen MR) is 95.1 cm³/mol. The molecule has 0 atom stereocenters. The quantitative estimate of drug-likeness (QED) is 0.709. The Kier molecular flexibility index (Phi) is 7.30. The van der Waals surface area contributed by atoms with Crippen molar-refractivity contribution >= 4 is 5.91 Å². The Morgan fingerprint density at radius 1 is 1.00 bits per heavy atom. The summed E-state index contributed by atoms with van der Waals surface area (Å²) in [4.78, 5) is 14.5. The molecule has 2 aromatic carbocycles. The molecule has 0 spiro atoms. The number of methoxy groups -OCH3 is 2. The number of nitrogens with zero attached hydrogens (tertiary/aromatic N) is 1. The highest BCUT2D eigenvalue weighted by Crippen LogP contribution is 2.15. The lowest BCUT2D eigenvalue weighted by atomic mass is 10.1. The molecule has 0 saturated carbocycles. The normalized spacial score (nSPS) is 10.4. The van der Waals surface area contributed by atoms with Gasteiger partial charge in [-0.2, -0.15) is 0 Å². The van der Waals surface area contributed by atoms with E-state index in [9.17, 15) is 4.79 Å². The summed E-state index contributed by atoms with van der Waals surface area (Å²) in [6.45, 7) is 1.75. The van der Waals surface area contributed by atoms with Gasteiger partial charge in [-0.05, 0) is 29.7 Å². The maximum Gasteiger partial charge on any atom is 0.223 e.